The Morgan fingerprint density at radius 1 is 1.21 bits per heavy atom. The van der Waals surface area contributed by atoms with Crippen LogP contribution in [0, 0.1) is 11.3 Å². The molecule has 2 atom stereocenters. The van der Waals surface area contributed by atoms with Crippen molar-refractivity contribution in [3.05, 3.63) is 23.8 Å². The lowest BCUT2D eigenvalue weighted by molar-refractivity contribution is -0.140. The molecule has 0 bridgehead atoms. The van der Waals surface area contributed by atoms with Crippen molar-refractivity contribution in [2.45, 2.75) is 84.7 Å². The number of hydrogen-bond acceptors (Lipinski definition) is 5. The van der Waals surface area contributed by atoms with Crippen LogP contribution in [0.5, 0.6) is 0 Å². The number of ether oxygens (including phenoxy) is 1. The number of aliphatic hydroxyl groups is 1. The standard InChI is InChI=1S/C23H36O5/c1-5-6-13-23(2,3)14-9-11-18-19(21(26)16-20(18)25)15-17(24)10-7-8-12-22(27)28-4/h9,11,14,19,21,26H,5-8,10,12-13,15-16H2,1-4H3/t19-,21+/m1/s1. The topological polar surface area (TPSA) is 80.7 Å². The largest absolute Gasteiger partial charge is 0.469 e. The average molecular weight is 393 g/mol. The molecule has 1 rings (SSSR count). The number of rotatable bonds is 12. The molecular formula is C23H36O5. The van der Waals surface area contributed by atoms with E-state index in [0.29, 0.717) is 31.3 Å². The third-order valence-electron chi connectivity index (χ3n) is 5.34. The maximum Gasteiger partial charge on any atom is 0.305 e. The highest BCUT2D eigenvalue weighted by atomic mass is 16.5. The Labute approximate surface area is 169 Å². The van der Waals surface area contributed by atoms with Gasteiger partial charge in [-0.3, -0.25) is 14.4 Å². The fourth-order valence-electron chi connectivity index (χ4n) is 3.50. The summed E-state index contributed by atoms with van der Waals surface area (Å²) < 4.78 is 4.58. The Morgan fingerprint density at radius 3 is 2.54 bits per heavy atom. The number of ketones is 2. The molecule has 0 heterocycles. The summed E-state index contributed by atoms with van der Waals surface area (Å²) in [6.07, 6.45) is 10.5. The van der Waals surface area contributed by atoms with Crippen LogP contribution in [0.25, 0.3) is 0 Å². The van der Waals surface area contributed by atoms with E-state index in [0.717, 1.165) is 19.3 Å². The van der Waals surface area contributed by atoms with Gasteiger partial charge in [0.25, 0.3) is 0 Å². The van der Waals surface area contributed by atoms with Crippen LogP contribution in [0.2, 0.25) is 0 Å². The van der Waals surface area contributed by atoms with Crippen LogP contribution in [0.1, 0.15) is 78.6 Å². The second-order valence-corrected chi connectivity index (χ2v) is 8.40. The summed E-state index contributed by atoms with van der Waals surface area (Å²) >= 11 is 0. The molecule has 1 aliphatic carbocycles. The predicted octanol–water partition coefficient (Wildman–Crippen LogP) is 4.33. The van der Waals surface area contributed by atoms with Gasteiger partial charge in [-0.1, -0.05) is 51.8 Å². The van der Waals surface area contributed by atoms with Crippen molar-refractivity contribution in [2.24, 2.45) is 11.3 Å². The number of unbranched alkanes of at least 4 members (excludes halogenated alkanes) is 2. The van der Waals surface area contributed by atoms with Crippen LogP contribution in [0.15, 0.2) is 23.8 Å². The number of esters is 1. The van der Waals surface area contributed by atoms with E-state index in [-0.39, 0.29) is 35.8 Å². The third-order valence-corrected chi connectivity index (χ3v) is 5.34. The van der Waals surface area contributed by atoms with Gasteiger partial charge in [-0.15, -0.1) is 0 Å². The Bertz CT molecular complexity index is 600. The van der Waals surface area contributed by atoms with E-state index in [9.17, 15) is 19.5 Å². The zero-order valence-electron chi connectivity index (χ0n) is 17.8. The van der Waals surface area contributed by atoms with Crippen LogP contribution in [0.4, 0.5) is 0 Å². The number of carbonyl (C=O) groups is 3. The maximum atomic E-state index is 12.3. The van der Waals surface area contributed by atoms with Gasteiger partial charge < -0.3 is 9.84 Å². The second-order valence-electron chi connectivity index (χ2n) is 8.40. The van der Waals surface area contributed by atoms with E-state index in [4.69, 9.17) is 0 Å². The first-order chi connectivity index (χ1) is 13.2. The number of Topliss-reactive ketones (excluding diaryl/α,β-unsaturated/α-hetero) is 2. The van der Waals surface area contributed by atoms with Crippen molar-refractivity contribution in [3.63, 3.8) is 0 Å². The molecule has 5 heteroatoms. The third kappa shape index (κ3) is 8.51. The lowest BCUT2D eigenvalue weighted by Crippen LogP contribution is -2.18. The Hall–Kier alpha value is -1.75. The summed E-state index contributed by atoms with van der Waals surface area (Å²) in [5.74, 6) is -0.763. The van der Waals surface area contributed by atoms with Crippen molar-refractivity contribution in [1.82, 2.24) is 0 Å². The quantitative estimate of drug-likeness (QED) is 0.304. The van der Waals surface area contributed by atoms with Gasteiger partial charge in [0.1, 0.15) is 5.78 Å². The van der Waals surface area contributed by atoms with Crippen molar-refractivity contribution < 1.29 is 24.2 Å². The van der Waals surface area contributed by atoms with Gasteiger partial charge in [0, 0.05) is 37.2 Å². The molecule has 5 nitrogen and oxygen atoms in total. The van der Waals surface area contributed by atoms with E-state index < -0.39 is 12.0 Å². The molecule has 1 aliphatic rings. The number of aliphatic hydroxyl groups excluding tert-OH is 1. The number of methoxy groups -OCH3 is 1. The highest BCUT2D eigenvalue weighted by molar-refractivity contribution is 6.00. The molecule has 0 radical (unpaired) electrons. The highest BCUT2D eigenvalue weighted by Crippen LogP contribution is 2.33. The molecule has 1 saturated carbocycles. The fraction of sp³-hybridized carbons (Fsp3) is 0.696. The molecule has 1 N–H and O–H groups in total. The molecule has 0 unspecified atom stereocenters. The van der Waals surface area contributed by atoms with Gasteiger partial charge in [-0.25, -0.2) is 0 Å². The number of carbonyl (C=O) groups excluding carboxylic acids is 3. The van der Waals surface area contributed by atoms with Gasteiger partial charge >= 0.3 is 5.97 Å². The highest BCUT2D eigenvalue weighted by Gasteiger charge is 2.37. The molecular weight excluding hydrogens is 356 g/mol. The van der Waals surface area contributed by atoms with Gasteiger partial charge in [-0.2, -0.15) is 0 Å². The van der Waals surface area contributed by atoms with Crippen LogP contribution in [-0.4, -0.2) is 35.9 Å². The minimum Gasteiger partial charge on any atom is -0.469 e. The summed E-state index contributed by atoms with van der Waals surface area (Å²) in [5, 5.41) is 10.2. The van der Waals surface area contributed by atoms with Crippen LogP contribution >= 0.6 is 0 Å². The Balaban J connectivity index is 2.64. The monoisotopic (exact) mass is 392 g/mol. The lowest BCUT2D eigenvalue weighted by Gasteiger charge is -2.19. The number of allylic oxidation sites excluding steroid dienone is 3. The first-order valence-electron chi connectivity index (χ1n) is 10.4. The van der Waals surface area contributed by atoms with Gasteiger partial charge in [0.2, 0.25) is 0 Å². The second kappa shape index (κ2) is 11.9. The molecule has 0 saturated heterocycles. The Morgan fingerprint density at radius 2 is 1.89 bits per heavy atom. The smallest absolute Gasteiger partial charge is 0.305 e. The molecule has 0 aliphatic heterocycles. The molecule has 0 amide bonds. The lowest BCUT2D eigenvalue weighted by atomic mass is 9.86. The van der Waals surface area contributed by atoms with Gasteiger partial charge in [0.05, 0.1) is 13.2 Å². The molecule has 0 aromatic heterocycles. The number of hydrogen-bond donors (Lipinski definition) is 1. The van der Waals surface area contributed by atoms with Crippen molar-refractivity contribution >= 4 is 17.5 Å². The minimum absolute atomic E-state index is 0.0155. The normalized spacial score (nSPS) is 21.6. The summed E-state index contributed by atoms with van der Waals surface area (Å²) in [6.45, 7) is 6.49. The van der Waals surface area contributed by atoms with Gasteiger partial charge in [0.15, 0.2) is 5.78 Å². The first kappa shape index (κ1) is 24.3. The molecule has 0 aromatic rings. The molecule has 28 heavy (non-hydrogen) atoms. The first-order valence-corrected chi connectivity index (χ1v) is 10.4. The zero-order chi connectivity index (χ0) is 21.2. The summed E-state index contributed by atoms with van der Waals surface area (Å²) in [6, 6.07) is 0. The fourth-order valence-corrected chi connectivity index (χ4v) is 3.50. The predicted molar refractivity (Wildman–Crippen MR) is 110 cm³/mol. The SMILES string of the molecule is CCCCC(C)(C)C=CC=C1C(=O)C[C@H](O)[C@@H]1CC(=O)CCCCC(=O)OC. The average Bonchev–Trinajstić information content (AvgIpc) is 2.90. The van der Waals surface area contributed by atoms with Crippen LogP contribution < -0.4 is 0 Å². The van der Waals surface area contributed by atoms with Crippen LogP contribution in [-0.2, 0) is 19.1 Å². The maximum absolute atomic E-state index is 12.3. The minimum atomic E-state index is -0.792. The van der Waals surface area contributed by atoms with Gasteiger partial charge in [-0.05, 0) is 24.7 Å². The van der Waals surface area contributed by atoms with E-state index >= 15 is 0 Å². The van der Waals surface area contributed by atoms with E-state index in [1.165, 1.54) is 7.11 Å². The van der Waals surface area contributed by atoms with Crippen molar-refractivity contribution in [1.29, 1.82) is 0 Å². The molecule has 158 valence electrons. The summed E-state index contributed by atoms with van der Waals surface area (Å²) in [4.78, 5) is 35.6. The van der Waals surface area contributed by atoms with Crippen molar-refractivity contribution in [3.8, 4) is 0 Å². The molecule has 1 fully saturated rings. The molecule has 0 aromatic carbocycles. The summed E-state index contributed by atoms with van der Waals surface area (Å²) in [5.41, 5.74) is 0.608. The van der Waals surface area contributed by atoms with Crippen molar-refractivity contribution in [2.75, 3.05) is 7.11 Å². The summed E-state index contributed by atoms with van der Waals surface area (Å²) in [7, 11) is 1.35. The van der Waals surface area contributed by atoms with E-state index in [1.807, 2.05) is 6.08 Å². The zero-order valence-corrected chi connectivity index (χ0v) is 17.8. The van der Waals surface area contributed by atoms with E-state index in [2.05, 4.69) is 31.6 Å². The van der Waals surface area contributed by atoms with E-state index in [1.54, 1.807) is 6.08 Å². The van der Waals surface area contributed by atoms with Crippen LogP contribution in [0.3, 0.4) is 0 Å². The Kier molecular flexibility index (Phi) is 10.4. The molecule has 0 spiro atoms.